The second-order valence-corrected chi connectivity index (χ2v) is 9.01. The minimum Gasteiger partial charge on any atom is -0.489 e. The number of esters is 1. The number of ether oxygens (including phenoxy) is 2. The van der Waals surface area contributed by atoms with Crippen molar-refractivity contribution in [1.29, 1.82) is 5.26 Å². The number of hydrogen-bond donors (Lipinski definition) is 0. The number of para-hydroxylation sites is 1. The van der Waals surface area contributed by atoms with Crippen LogP contribution in [0, 0.1) is 23.2 Å². The van der Waals surface area contributed by atoms with E-state index < -0.39 is 5.41 Å². The minimum atomic E-state index is -0.580. The SMILES string of the molecule is CCOC(=O)/C=C/c1cccc(COc2ccccc2C(C#N)(CC(C)C)CC(C)C)c1. The molecule has 0 saturated carbocycles. The first-order valence-electron chi connectivity index (χ1n) is 11.4. The van der Waals surface area contributed by atoms with Crippen molar-refractivity contribution in [3.8, 4) is 11.8 Å². The van der Waals surface area contributed by atoms with Gasteiger partial charge in [-0.1, -0.05) is 64.1 Å². The molecule has 0 radical (unpaired) electrons. The third-order valence-electron chi connectivity index (χ3n) is 5.17. The van der Waals surface area contributed by atoms with Crippen LogP contribution < -0.4 is 4.74 Å². The van der Waals surface area contributed by atoms with Gasteiger partial charge < -0.3 is 9.47 Å². The van der Waals surface area contributed by atoms with Crippen LogP contribution in [0.3, 0.4) is 0 Å². The Kier molecular flexibility index (Phi) is 9.53. The zero-order valence-electron chi connectivity index (χ0n) is 19.9. The van der Waals surface area contributed by atoms with Crippen molar-refractivity contribution in [2.24, 2.45) is 11.8 Å². The summed E-state index contributed by atoms with van der Waals surface area (Å²) < 4.78 is 11.2. The molecule has 0 bridgehead atoms. The number of nitriles is 1. The molecule has 0 amide bonds. The van der Waals surface area contributed by atoms with Gasteiger partial charge in [0, 0.05) is 11.6 Å². The van der Waals surface area contributed by atoms with Crippen LogP contribution in [0.25, 0.3) is 6.08 Å². The standard InChI is InChI=1S/C28H35NO3/c1-6-31-27(30)15-14-23-10-9-11-24(16-23)19-32-26-13-8-7-12-25(26)28(20-29,17-21(2)3)18-22(4)5/h7-16,21-22H,6,17-19H2,1-5H3/b15-14+. The predicted molar refractivity (Wildman–Crippen MR) is 129 cm³/mol. The van der Waals surface area contributed by atoms with E-state index in [0.717, 1.165) is 35.3 Å². The Bertz CT molecular complexity index is 943. The molecular weight excluding hydrogens is 398 g/mol. The van der Waals surface area contributed by atoms with Crippen molar-refractivity contribution in [3.05, 3.63) is 71.3 Å². The lowest BCUT2D eigenvalue weighted by molar-refractivity contribution is -0.137. The normalized spacial score (nSPS) is 11.7. The highest BCUT2D eigenvalue weighted by molar-refractivity contribution is 5.87. The van der Waals surface area contributed by atoms with Crippen molar-refractivity contribution in [1.82, 2.24) is 0 Å². The molecular formula is C28H35NO3. The summed E-state index contributed by atoms with van der Waals surface area (Å²) in [5, 5.41) is 10.3. The summed E-state index contributed by atoms with van der Waals surface area (Å²) in [5.41, 5.74) is 2.27. The molecule has 0 heterocycles. The largest absolute Gasteiger partial charge is 0.489 e. The lowest BCUT2D eigenvalue weighted by atomic mass is 9.70. The Balaban J connectivity index is 2.26. The van der Waals surface area contributed by atoms with Gasteiger partial charge in [0.1, 0.15) is 12.4 Å². The van der Waals surface area contributed by atoms with Gasteiger partial charge in [-0.15, -0.1) is 0 Å². The summed E-state index contributed by atoms with van der Waals surface area (Å²) >= 11 is 0. The van der Waals surface area contributed by atoms with Gasteiger partial charge in [0.25, 0.3) is 0 Å². The molecule has 2 rings (SSSR count). The van der Waals surface area contributed by atoms with E-state index in [-0.39, 0.29) is 5.97 Å². The molecule has 0 saturated heterocycles. The molecule has 0 aliphatic carbocycles. The highest BCUT2D eigenvalue weighted by Gasteiger charge is 2.36. The van der Waals surface area contributed by atoms with Gasteiger partial charge in [0.2, 0.25) is 0 Å². The predicted octanol–water partition coefficient (Wildman–Crippen LogP) is 6.70. The number of hydrogen-bond acceptors (Lipinski definition) is 4. The van der Waals surface area contributed by atoms with Crippen LogP contribution in [0.15, 0.2) is 54.6 Å². The molecule has 32 heavy (non-hydrogen) atoms. The van der Waals surface area contributed by atoms with Crippen LogP contribution in [0.5, 0.6) is 5.75 Å². The van der Waals surface area contributed by atoms with Crippen molar-refractivity contribution >= 4 is 12.0 Å². The number of rotatable bonds is 11. The van der Waals surface area contributed by atoms with Crippen LogP contribution in [0.1, 0.15) is 64.2 Å². The smallest absolute Gasteiger partial charge is 0.330 e. The first-order chi connectivity index (χ1) is 15.3. The van der Waals surface area contributed by atoms with Gasteiger partial charge >= 0.3 is 5.97 Å². The third-order valence-corrected chi connectivity index (χ3v) is 5.17. The molecule has 0 unspecified atom stereocenters. The maximum atomic E-state index is 11.6. The molecule has 0 N–H and O–H groups in total. The second kappa shape index (κ2) is 12.1. The lowest BCUT2D eigenvalue weighted by Gasteiger charge is -2.32. The van der Waals surface area contributed by atoms with Gasteiger partial charge in [0.15, 0.2) is 0 Å². The molecule has 4 heteroatoms. The second-order valence-electron chi connectivity index (χ2n) is 9.01. The fourth-order valence-electron chi connectivity index (χ4n) is 4.14. The van der Waals surface area contributed by atoms with E-state index in [1.54, 1.807) is 13.0 Å². The zero-order chi connectivity index (χ0) is 23.6. The van der Waals surface area contributed by atoms with E-state index in [2.05, 4.69) is 33.8 Å². The van der Waals surface area contributed by atoms with Crippen LogP contribution in [-0.4, -0.2) is 12.6 Å². The highest BCUT2D eigenvalue weighted by Crippen LogP contribution is 2.41. The van der Waals surface area contributed by atoms with Gasteiger partial charge in [-0.05, 0) is 60.9 Å². The lowest BCUT2D eigenvalue weighted by Crippen LogP contribution is -2.29. The van der Waals surface area contributed by atoms with E-state index in [4.69, 9.17) is 9.47 Å². The Morgan fingerprint density at radius 1 is 1.06 bits per heavy atom. The number of nitrogens with zero attached hydrogens (tertiary/aromatic N) is 1. The maximum Gasteiger partial charge on any atom is 0.330 e. The van der Waals surface area contributed by atoms with Gasteiger partial charge in [-0.2, -0.15) is 5.26 Å². The summed E-state index contributed by atoms with van der Waals surface area (Å²) in [5.74, 6) is 1.18. The summed E-state index contributed by atoms with van der Waals surface area (Å²) in [6.45, 7) is 11.1. The van der Waals surface area contributed by atoms with Crippen LogP contribution in [0.2, 0.25) is 0 Å². The van der Waals surface area contributed by atoms with Gasteiger partial charge in [0.05, 0.1) is 18.1 Å². The molecule has 0 spiro atoms. The molecule has 4 nitrogen and oxygen atoms in total. The van der Waals surface area contributed by atoms with Crippen LogP contribution in [0.4, 0.5) is 0 Å². The van der Waals surface area contributed by atoms with Crippen molar-refractivity contribution in [2.75, 3.05) is 6.61 Å². The topological polar surface area (TPSA) is 59.3 Å². The summed E-state index contributed by atoms with van der Waals surface area (Å²) in [6.07, 6.45) is 4.74. The Morgan fingerprint density at radius 3 is 2.38 bits per heavy atom. The van der Waals surface area contributed by atoms with E-state index in [1.165, 1.54) is 6.08 Å². The van der Waals surface area contributed by atoms with E-state index in [9.17, 15) is 10.1 Å². The summed E-state index contributed by atoms with van der Waals surface area (Å²) in [6, 6.07) is 18.4. The van der Waals surface area contributed by atoms with Crippen molar-refractivity contribution < 1.29 is 14.3 Å². The maximum absolute atomic E-state index is 11.6. The minimum absolute atomic E-state index is 0.355. The molecule has 0 atom stereocenters. The fourth-order valence-corrected chi connectivity index (χ4v) is 4.14. The summed E-state index contributed by atoms with van der Waals surface area (Å²) in [4.78, 5) is 11.6. The number of carbonyl (C=O) groups excluding carboxylic acids is 1. The monoisotopic (exact) mass is 433 g/mol. The Morgan fingerprint density at radius 2 is 1.75 bits per heavy atom. The average Bonchev–Trinajstić information content (AvgIpc) is 2.76. The molecule has 0 fully saturated rings. The molecule has 2 aromatic carbocycles. The average molecular weight is 434 g/mol. The van der Waals surface area contributed by atoms with E-state index >= 15 is 0 Å². The quantitative estimate of drug-likeness (QED) is 0.292. The highest BCUT2D eigenvalue weighted by atomic mass is 16.5. The van der Waals surface area contributed by atoms with Crippen molar-refractivity contribution in [3.63, 3.8) is 0 Å². The summed E-state index contributed by atoms with van der Waals surface area (Å²) in [7, 11) is 0. The van der Waals surface area contributed by atoms with Crippen molar-refractivity contribution in [2.45, 2.75) is 59.5 Å². The molecule has 0 aliphatic heterocycles. The van der Waals surface area contributed by atoms with Crippen LogP contribution in [-0.2, 0) is 21.6 Å². The molecule has 170 valence electrons. The van der Waals surface area contributed by atoms with Crippen LogP contribution >= 0.6 is 0 Å². The molecule has 2 aromatic rings. The van der Waals surface area contributed by atoms with E-state index in [1.807, 2.05) is 48.5 Å². The Hall–Kier alpha value is -3.06. The first kappa shape index (κ1) is 25.2. The van der Waals surface area contributed by atoms with E-state index in [0.29, 0.717) is 25.0 Å². The van der Waals surface area contributed by atoms with Gasteiger partial charge in [-0.3, -0.25) is 0 Å². The Labute approximate surface area is 192 Å². The van der Waals surface area contributed by atoms with Gasteiger partial charge in [-0.25, -0.2) is 4.79 Å². The fraction of sp³-hybridized carbons (Fsp3) is 0.429. The number of benzene rings is 2. The molecule has 0 aliphatic rings. The number of carbonyl (C=O) groups is 1. The molecule has 0 aromatic heterocycles. The first-order valence-corrected chi connectivity index (χ1v) is 11.4. The zero-order valence-corrected chi connectivity index (χ0v) is 19.9. The third kappa shape index (κ3) is 7.27.